The Labute approximate surface area is 195 Å². The van der Waals surface area contributed by atoms with Crippen LogP contribution in [0.1, 0.15) is 30.5 Å². The Morgan fingerprint density at radius 3 is 1.97 bits per heavy atom. The summed E-state index contributed by atoms with van der Waals surface area (Å²) in [4.78, 5) is 9.71. The van der Waals surface area contributed by atoms with Crippen LogP contribution >= 0.6 is 0 Å². The quantitative estimate of drug-likeness (QED) is 0.520. The summed E-state index contributed by atoms with van der Waals surface area (Å²) in [5.74, 6) is 1.84. The molecule has 0 spiro atoms. The van der Waals surface area contributed by atoms with E-state index in [9.17, 15) is 0 Å². The Bertz CT molecular complexity index is 1170. The summed E-state index contributed by atoms with van der Waals surface area (Å²) < 4.78 is 12.0. The van der Waals surface area contributed by atoms with E-state index in [1.54, 1.807) is 0 Å². The molecule has 168 valence electrons. The molecule has 2 heterocycles. The van der Waals surface area contributed by atoms with Gasteiger partial charge in [-0.1, -0.05) is 68.4 Å². The monoisotopic (exact) mass is 439 g/mol. The number of aliphatic imine (C=N–C) groups is 2. The van der Waals surface area contributed by atoms with Crippen LogP contribution in [0, 0.1) is 5.92 Å². The number of hydrogen-bond acceptors (Lipinski definition) is 5. The van der Waals surface area contributed by atoms with Crippen molar-refractivity contribution in [2.24, 2.45) is 15.9 Å². The number of ether oxygens (including phenoxy) is 2. The Morgan fingerprint density at radius 1 is 0.758 bits per heavy atom. The minimum absolute atomic E-state index is 0.122. The van der Waals surface area contributed by atoms with E-state index in [1.807, 2.05) is 42.5 Å². The molecule has 0 aliphatic carbocycles. The Balaban J connectivity index is 1.39. The third-order valence-electron chi connectivity index (χ3n) is 6.05. The van der Waals surface area contributed by atoms with E-state index in [-0.39, 0.29) is 12.1 Å². The van der Waals surface area contributed by atoms with Crippen molar-refractivity contribution >= 4 is 23.2 Å². The predicted molar refractivity (Wildman–Crippen MR) is 134 cm³/mol. The van der Waals surface area contributed by atoms with Crippen LogP contribution in [0.25, 0.3) is 0 Å². The average molecular weight is 440 g/mol. The molecule has 33 heavy (non-hydrogen) atoms. The molecule has 0 saturated carbocycles. The minimum Gasteiger partial charge on any atom is -0.475 e. The highest BCUT2D eigenvalue weighted by Gasteiger charge is 2.25. The Morgan fingerprint density at radius 2 is 1.33 bits per heavy atom. The normalized spacial score (nSPS) is 19.6. The molecule has 0 saturated heterocycles. The van der Waals surface area contributed by atoms with E-state index in [0.29, 0.717) is 30.9 Å². The molecule has 0 aromatic heterocycles. The lowest BCUT2D eigenvalue weighted by atomic mass is 10.1. The molecule has 5 nitrogen and oxygen atoms in total. The number of rotatable bonds is 7. The maximum Gasteiger partial charge on any atom is 0.218 e. The average Bonchev–Trinajstić information content (AvgIpc) is 3.51. The topological polar surface area (TPSA) is 55.2 Å². The van der Waals surface area contributed by atoms with Gasteiger partial charge in [-0.15, -0.1) is 0 Å². The maximum atomic E-state index is 6.03. The fraction of sp³-hybridized carbons (Fsp3) is 0.286. The fourth-order valence-electron chi connectivity index (χ4n) is 4.13. The molecule has 0 amide bonds. The molecule has 5 rings (SSSR count). The van der Waals surface area contributed by atoms with Gasteiger partial charge < -0.3 is 14.8 Å². The molecule has 0 radical (unpaired) electrons. The third-order valence-corrected chi connectivity index (χ3v) is 6.05. The van der Waals surface area contributed by atoms with Gasteiger partial charge in [0.25, 0.3) is 0 Å². The van der Waals surface area contributed by atoms with E-state index < -0.39 is 0 Å². The molecule has 0 bridgehead atoms. The number of nitrogens with zero attached hydrogens (tertiary/aromatic N) is 2. The predicted octanol–water partition coefficient (Wildman–Crippen LogP) is 5.62. The number of anilines is 2. The summed E-state index contributed by atoms with van der Waals surface area (Å²) in [6, 6.07) is 27.0. The first-order valence-corrected chi connectivity index (χ1v) is 11.6. The summed E-state index contributed by atoms with van der Waals surface area (Å²) in [5, 5.41) is 3.58. The summed E-state index contributed by atoms with van der Waals surface area (Å²) >= 11 is 0. The van der Waals surface area contributed by atoms with Crippen LogP contribution in [0.5, 0.6) is 0 Å². The van der Waals surface area contributed by atoms with Crippen LogP contribution in [-0.4, -0.2) is 37.1 Å². The lowest BCUT2D eigenvalue weighted by Gasteiger charge is -2.15. The summed E-state index contributed by atoms with van der Waals surface area (Å²) in [6.07, 6.45) is 0.872. The molecule has 3 aromatic rings. The van der Waals surface area contributed by atoms with Crippen LogP contribution in [-0.2, 0) is 15.9 Å². The Kier molecular flexibility index (Phi) is 6.11. The zero-order valence-corrected chi connectivity index (χ0v) is 19.1. The number of benzene rings is 3. The van der Waals surface area contributed by atoms with Crippen molar-refractivity contribution in [2.45, 2.75) is 32.4 Å². The van der Waals surface area contributed by atoms with Gasteiger partial charge in [0.2, 0.25) is 11.8 Å². The van der Waals surface area contributed by atoms with Crippen molar-refractivity contribution in [1.82, 2.24) is 0 Å². The molecular weight excluding hydrogens is 410 g/mol. The summed E-state index contributed by atoms with van der Waals surface area (Å²) in [5.41, 5.74) is 5.09. The van der Waals surface area contributed by atoms with Crippen molar-refractivity contribution in [1.29, 1.82) is 0 Å². The van der Waals surface area contributed by atoms with E-state index >= 15 is 0 Å². The van der Waals surface area contributed by atoms with Gasteiger partial charge in [0.05, 0.1) is 34.6 Å². The van der Waals surface area contributed by atoms with Crippen molar-refractivity contribution in [3.63, 3.8) is 0 Å². The van der Waals surface area contributed by atoms with Crippen LogP contribution in [0.3, 0.4) is 0 Å². The van der Waals surface area contributed by atoms with Gasteiger partial charge in [0, 0.05) is 0 Å². The number of para-hydroxylation sites is 2. The lowest BCUT2D eigenvalue weighted by molar-refractivity contribution is 0.292. The van der Waals surface area contributed by atoms with Gasteiger partial charge in [0.1, 0.15) is 13.2 Å². The Hall–Kier alpha value is -3.60. The highest BCUT2D eigenvalue weighted by Crippen LogP contribution is 2.29. The van der Waals surface area contributed by atoms with Crippen LogP contribution in [0.2, 0.25) is 0 Å². The first-order valence-electron chi connectivity index (χ1n) is 11.6. The summed E-state index contributed by atoms with van der Waals surface area (Å²) in [7, 11) is 0. The molecule has 1 N–H and O–H groups in total. The fourth-order valence-corrected chi connectivity index (χ4v) is 4.13. The molecule has 3 aromatic carbocycles. The first-order chi connectivity index (χ1) is 16.2. The standard InChI is InChI=1S/C28H29N3O2/c1-19(2)26-18-33-28(31-26)23-13-7-9-15-25(23)30-24-14-8-6-12-22(24)27-29-21(17-32-27)16-20-10-4-3-5-11-20/h3-15,19,21,26,30H,16-18H2,1-2H3/t21-,26+/m0/s1. The van der Waals surface area contributed by atoms with Crippen molar-refractivity contribution in [3.05, 3.63) is 95.6 Å². The SMILES string of the molecule is CC(C)[C@H]1COC(c2ccccc2Nc2ccccc2C2=N[C@@H](Cc3ccccc3)CO2)=N1. The highest BCUT2D eigenvalue weighted by atomic mass is 16.5. The maximum absolute atomic E-state index is 6.03. The van der Waals surface area contributed by atoms with Gasteiger partial charge in [-0.3, -0.25) is 0 Å². The third kappa shape index (κ3) is 4.77. The summed E-state index contributed by atoms with van der Waals surface area (Å²) in [6.45, 7) is 5.57. The van der Waals surface area contributed by atoms with Crippen molar-refractivity contribution < 1.29 is 9.47 Å². The largest absolute Gasteiger partial charge is 0.475 e. The molecule has 0 unspecified atom stereocenters. The van der Waals surface area contributed by atoms with Crippen LogP contribution in [0.4, 0.5) is 11.4 Å². The molecule has 0 fully saturated rings. The minimum atomic E-state index is 0.122. The first kappa shape index (κ1) is 21.3. The highest BCUT2D eigenvalue weighted by molar-refractivity contribution is 6.04. The second-order valence-corrected chi connectivity index (χ2v) is 8.86. The van der Waals surface area contributed by atoms with E-state index in [4.69, 9.17) is 19.5 Å². The van der Waals surface area contributed by atoms with Gasteiger partial charge >= 0.3 is 0 Å². The smallest absolute Gasteiger partial charge is 0.218 e. The van der Waals surface area contributed by atoms with E-state index in [0.717, 1.165) is 28.9 Å². The molecular formula is C28H29N3O2. The van der Waals surface area contributed by atoms with Gasteiger partial charge in [0.15, 0.2) is 0 Å². The number of nitrogens with one attached hydrogen (secondary N) is 1. The molecule has 2 atom stereocenters. The lowest BCUT2D eigenvalue weighted by Crippen LogP contribution is -2.13. The van der Waals surface area contributed by atoms with Crippen LogP contribution in [0.15, 0.2) is 88.8 Å². The molecule has 2 aliphatic rings. The molecule has 2 aliphatic heterocycles. The number of hydrogen-bond donors (Lipinski definition) is 1. The van der Waals surface area contributed by atoms with Gasteiger partial charge in [-0.25, -0.2) is 9.98 Å². The zero-order chi connectivity index (χ0) is 22.6. The van der Waals surface area contributed by atoms with Crippen molar-refractivity contribution in [3.8, 4) is 0 Å². The molecule has 5 heteroatoms. The van der Waals surface area contributed by atoms with Gasteiger partial charge in [-0.2, -0.15) is 0 Å². The van der Waals surface area contributed by atoms with E-state index in [1.165, 1.54) is 5.56 Å². The van der Waals surface area contributed by atoms with Gasteiger partial charge in [-0.05, 0) is 42.2 Å². The second-order valence-electron chi connectivity index (χ2n) is 8.86. The van der Waals surface area contributed by atoms with Crippen LogP contribution < -0.4 is 5.32 Å². The zero-order valence-electron chi connectivity index (χ0n) is 19.1. The second kappa shape index (κ2) is 9.49. The van der Waals surface area contributed by atoms with E-state index in [2.05, 4.69) is 55.6 Å². The van der Waals surface area contributed by atoms with Crippen molar-refractivity contribution in [2.75, 3.05) is 18.5 Å².